The number of benzene rings is 3. The molecule has 3 aromatic carbocycles. The maximum atomic E-state index is 15.3. The lowest BCUT2D eigenvalue weighted by Crippen LogP contribution is -2.07. The van der Waals surface area contributed by atoms with Crippen LogP contribution in [0, 0.1) is 17.5 Å². The molecular weight excluding hydrogens is 409 g/mol. The first-order chi connectivity index (χ1) is 15.5. The molecule has 3 aromatic rings. The average molecular weight is 437 g/mol. The molecule has 0 radical (unpaired) electrons. The summed E-state index contributed by atoms with van der Waals surface area (Å²) in [5.41, 5.74) is 5.02. The van der Waals surface area contributed by atoms with Crippen molar-refractivity contribution >= 4 is 5.57 Å². The number of fused-ring (bicyclic) bond motifs is 1. The third-order valence-corrected chi connectivity index (χ3v) is 6.22. The largest absolute Gasteiger partial charge is 0.494 e. The van der Waals surface area contributed by atoms with E-state index in [2.05, 4.69) is 31.2 Å². The molecule has 0 heterocycles. The van der Waals surface area contributed by atoms with Crippen LogP contribution in [0.3, 0.4) is 0 Å². The Kier molecular flexibility index (Phi) is 6.69. The van der Waals surface area contributed by atoms with E-state index in [4.69, 9.17) is 4.74 Å². The van der Waals surface area contributed by atoms with Gasteiger partial charge in [0, 0.05) is 11.1 Å². The summed E-state index contributed by atoms with van der Waals surface area (Å²) in [4.78, 5) is 0. The van der Waals surface area contributed by atoms with Gasteiger partial charge in [0.05, 0.1) is 7.11 Å². The molecule has 1 aliphatic rings. The standard InChI is InChI=1S/C28H27F3O/c1-3-4-5-6-18-7-9-19(10-8-18)20-11-13-22-21(17-20)12-14-23(26(22)29)24-15-16-25(32-2)28(31)27(24)30/h7-12,14-16H,3-6,13,17H2,1-2H3. The molecule has 1 nitrogen and oxygen atoms in total. The van der Waals surface area contributed by atoms with E-state index in [0.29, 0.717) is 18.4 Å². The van der Waals surface area contributed by atoms with Gasteiger partial charge in [0.2, 0.25) is 5.82 Å². The summed E-state index contributed by atoms with van der Waals surface area (Å²) in [5, 5.41) is 0. The van der Waals surface area contributed by atoms with E-state index in [-0.39, 0.29) is 16.9 Å². The van der Waals surface area contributed by atoms with Crippen LogP contribution < -0.4 is 4.74 Å². The number of unbranched alkanes of at least 4 members (excludes halogenated alkanes) is 2. The van der Waals surface area contributed by atoms with Gasteiger partial charge in [0.15, 0.2) is 11.6 Å². The van der Waals surface area contributed by atoms with E-state index in [1.165, 1.54) is 50.1 Å². The van der Waals surface area contributed by atoms with E-state index in [0.717, 1.165) is 23.1 Å². The molecule has 32 heavy (non-hydrogen) atoms. The van der Waals surface area contributed by atoms with Gasteiger partial charge in [0.25, 0.3) is 0 Å². The molecule has 0 atom stereocenters. The number of ether oxygens (including phenoxy) is 1. The quantitative estimate of drug-likeness (QED) is 0.345. The topological polar surface area (TPSA) is 9.23 Å². The van der Waals surface area contributed by atoms with E-state index in [9.17, 15) is 8.78 Å². The summed E-state index contributed by atoms with van der Waals surface area (Å²) < 4.78 is 48.8. The molecule has 0 bridgehead atoms. The lowest BCUT2D eigenvalue weighted by molar-refractivity contribution is 0.372. The molecule has 0 aromatic heterocycles. The van der Waals surface area contributed by atoms with Crippen molar-refractivity contribution in [1.29, 1.82) is 0 Å². The predicted octanol–water partition coefficient (Wildman–Crippen LogP) is 7.69. The molecule has 0 fully saturated rings. The smallest absolute Gasteiger partial charge is 0.201 e. The SMILES string of the molecule is CCCCCc1ccc(C2=CCc3c(ccc(-c4ccc(OC)c(F)c4F)c3F)C2)cc1. The Morgan fingerprint density at radius 3 is 2.25 bits per heavy atom. The van der Waals surface area contributed by atoms with E-state index < -0.39 is 17.5 Å². The van der Waals surface area contributed by atoms with Crippen LogP contribution in [0.2, 0.25) is 0 Å². The number of hydrogen-bond donors (Lipinski definition) is 0. The number of halogens is 3. The van der Waals surface area contributed by atoms with Gasteiger partial charge in [-0.3, -0.25) is 0 Å². The molecule has 0 saturated heterocycles. The lowest BCUT2D eigenvalue weighted by Gasteiger charge is -2.20. The summed E-state index contributed by atoms with van der Waals surface area (Å²) in [5.74, 6) is -2.90. The zero-order chi connectivity index (χ0) is 22.7. The summed E-state index contributed by atoms with van der Waals surface area (Å²) in [6, 6.07) is 14.7. The van der Waals surface area contributed by atoms with E-state index >= 15 is 4.39 Å². The second kappa shape index (κ2) is 9.64. The van der Waals surface area contributed by atoms with Gasteiger partial charge in [0.1, 0.15) is 5.82 Å². The zero-order valence-corrected chi connectivity index (χ0v) is 18.5. The summed E-state index contributed by atoms with van der Waals surface area (Å²) in [6.07, 6.45) is 7.81. The van der Waals surface area contributed by atoms with Crippen molar-refractivity contribution in [2.45, 2.75) is 45.4 Å². The van der Waals surface area contributed by atoms with Crippen LogP contribution in [-0.2, 0) is 19.3 Å². The Balaban J connectivity index is 1.57. The second-order valence-electron chi connectivity index (χ2n) is 8.27. The molecule has 0 aliphatic heterocycles. The Labute approximate surface area is 187 Å². The minimum atomic E-state index is -1.11. The maximum absolute atomic E-state index is 15.3. The first kappa shape index (κ1) is 22.2. The Morgan fingerprint density at radius 1 is 0.812 bits per heavy atom. The second-order valence-corrected chi connectivity index (χ2v) is 8.27. The molecule has 0 amide bonds. The number of rotatable bonds is 7. The van der Waals surface area contributed by atoms with Crippen molar-refractivity contribution in [1.82, 2.24) is 0 Å². The van der Waals surface area contributed by atoms with Crippen LogP contribution in [0.25, 0.3) is 16.7 Å². The van der Waals surface area contributed by atoms with E-state index in [1.807, 2.05) is 12.1 Å². The fraction of sp³-hybridized carbons (Fsp3) is 0.286. The van der Waals surface area contributed by atoms with Crippen molar-refractivity contribution in [3.05, 3.63) is 94.3 Å². The monoisotopic (exact) mass is 436 g/mol. The van der Waals surface area contributed by atoms with Gasteiger partial charge >= 0.3 is 0 Å². The van der Waals surface area contributed by atoms with Crippen molar-refractivity contribution in [2.75, 3.05) is 7.11 Å². The van der Waals surface area contributed by atoms with Gasteiger partial charge in [-0.15, -0.1) is 0 Å². The highest BCUT2D eigenvalue weighted by Gasteiger charge is 2.22. The van der Waals surface area contributed by atoms with Crippen LogP contribution in [0.15, 0.2) is 54.6 Å². The van der Waals surface area contributed by atoms with Gasteiger partial charge in [-0.1, -0.05) is 62.2 Å². The van der Waals surface area contributed by atoms with Crippen molar-refractivity contribution in [2.24, 2.45) is 0 Å². The molecule has 0 N–H and O–H groups in total. The van der Waals surface area contributed by atoms with Gasteiger partial charge in [-0.2, -0.15) is 4.39 Å². The van der Waals surface area contributed by atoms with Crippen molar-refractivity contribution in [3.8, 4) is 16.9 Å². The molecule has 166 valence electrons. The highest BCUT2D eigenvalue weighted by molar-refractivity contribution is 5.74. The van der Waals surface area contributed by atoms with Crippen LogP contribution in [0.5, 0.6) is 5.75 Å². The maximum Gasteiger partial charge on any atom is 0.201 e. The van der Waals surface area contributed by atoms with E-state index in [1.54, 1.807) is 0 Å². The predicted molar refractivity (Wildman–Crippen MR) is 123 cm³/mol. The number of hydrogen-bond acceptors (Lipinski definition) is 1. The van der Waals surface area contributed by atoms with Gasteiger partial charge in [-0.05, 0) is 65.6 Å². The number of allylic oxidation sites excluding steroid dienone is 2. The molecule has 1 aliphatic carbocycles. The molecular formula is C28H27F3O. The number of methoxy groups -OCH3 is 1. The minimum absolute atomic E-state index is 0.0658. The third kappa shape index (κ3) is 4.32. The van der Waals surface area contributed by atoms with Crippen LogP contribution in [-0.4, -0.2) is 7.11 Å². The van der Waals surface area contributed by atoms with Crippen LogP contribution >= 0.6 is 0 Å². The first-order valence-corrected chi connectivity index (χ1v) is 11.1. The fourth-order valence-electron chi connectivity index (χ4n) is 4.34. The third-order valence-electron chi connectivity index (χ3n) is 6.22. The average Bonchev–Trinajstić information content (AvgIpc) is 2.82. The van der Waals surface area contributed by atoms with Crippen molar-refractivity contribution in [3.63, 3.8) is 0 Å². The highest BCUT2D eigenvalue weighted by atomic mass is 19.2. The van der Waals surface area contributed by atoms with Crippen LogP contribution in [0.1, 0.15) is 48.4 Å². The molecule has 4 heteroatoms. The van der Waals surface area contributed by atoms with Gasteiger partial charge < -0.3 is 4.74 Å². The number of aryl methyl sites for hydroxylation is 1. The minimum Gasteiger partial charge on any atom is -0.494 e. The summed E-state index contributed by atoms with van der Waals surface area (Å²) >= 11 is 0. The Hall–Kier alpha value is -3.01. The molecule has 0 saturated carbocycles. The normalized spacial score (nSPS) is 13.0. The Morgan fingerprint density at radius 2 is 1.53 bits per heavy atom. The van der Waals surface area contributed by atoms with Crippen LogP contribution in [0.4, 0.5) is 13.2 Å². The summed E-state index contributed by atoms with van der Waals surface area (Å²) in [6.45, 7) is 2.20. The highest BCUT2D eigenvalue weighted by Crippen LogP contribution is 2.36. The van der Waals surface area contributed by atoms with Gasteiger partial charge in [-0.25, -0.2) is 8.78 Å². The molecule has 4 rings (SSSR count). The first-order valence-electron chi connectivity index (χ1n) is 11.1. The zero-order valence-electron chi connectivity index (χ0n) is 18.5. The molecule has 0 spiro atoms. The molecule has 0 unspecified atom stereocenters. The van der Waals surface area contributed by atoms with Crippen molar-refractivity contribution < 1.29 is 17.9 Å². The Bertz CT molecular complexity index is 1150. The lowest BCUT2D eigenvalue weighted by atomic mass is 9.85. The fourth-order valence-corrected chi connectivity index (χ4v) is 4.34. The summed E-state index contributed by atoms with van der Waals surface area (Å²) in [7, 11) is 1.26.